The van der Waals surface area contributed by atoms with E-state index in [9.17, 15) is 9.59 Å². The van der Waals surface area contributed by atoms with Gasteiger partial charge in [0, 0.05) is 38.7 Å². The van der Waals surface area contributed by atoms with E-state index in [1.54, 1.807) is 19.3 Å². The van der Waals surface area contributed by atoms with Gasteiger partial charge in [0.15, 0.2) is 11.5 Å². The second-order valence-corrected chi connectivity index (χ2v) is 8.51. The lowest BCUT2D eigenvalue weighted by Gasteiger charge is -2.34. The van der Waals surface area contributed by atoms with Crippen molar-refractivity contribution in [2.45, 2.75) is 51.9 Å². The Balaban J connectivity index is 1.48. The van der Waals surface area contributed by atoms with E-state index >= 15 is 0 Å². The molecular formula is C25H36N2O4. The van der Waals surface area contributed by atoms with Crippen molar-refractivity contribution in [3.05, 3.63) is 29.8 Å². The Morgan fingerprint density at radius 1 is 1.06 bits per heavy atom. The van der Waals surface area contributed by atoms with Crippen molar-refractivity contribution in [1.82, 2.24) is 9.80 Å². The Hall–Kier alpha value is -2.50. The molecule has 0 N–H and O–H groups in total. The molecule has 1 heterocycles. The molecule has 3 rings (SSSR count). The number of ether oxygens (including phenoxy) is 2. The van der Waals surface area contributed by atoms with Gasteiger partial charge in [-0.05, 0) is 49.0 Å². The quantitative estimate of drug-likeness (QED) is 0.438. The highest BCUT2D eigenvalue weighted by molar-refractivity contribution is 5.92. The van der Waals surface area contributed by atoms with Crippen molar-refractivity contribution in [2.24, 2.45) is 5.92 Å². The van der Waals surface area contributed by atoms with Crippen molar-refractivity contribution >= 4 is 17.9 Å². The average Bonchev–Trinajstić information content (AvgIpc) is 3.31. The molecule has 0 spiro atoms. The van der Waals surface area contributed by atoms with Gasteiger partial charge in [-0.1, -0.05) is 32.3 Å². The third-order valence-electron chi connectivity index (χ3n) is 6.24. The van der Waals surface area contributed by atoms with Crippen LogP contribution in [0.1, 0.15) is 57.4 Å². The van der Waals surface area contributed by atoms with E-state index in [0.29, 0.717) is 50.9 Å². The summed E-state index contributed by atoms with van der Waals surface area (Å²) < 4.78 is 11.2. The molecule has 1 aliphatic heterocycles. The van der Waals surface area contributed by atoms with Crippen molar-refractivity contribution in [3.8, 4) is 11.5 Å². The summed E-state index contributed by atoms with van der Waals surface area (Å²) in [6, 6.07) is 5.69. The number of benzene rings is 1. The fourth-order valence-corrected chi connectivity index (χ4v) is 4.27. The van der Waals surface area contributed by atoms with Gasteiger partial charge < -0.3 is 19.3 Å². The first-order valence-electron chi connectivity index (χ1n) is 11.7. The summed E-state index contributed by atoms with van der Waals surface area (Å²) in [4.78, 5) is 28.8. The number of piperazine rings is 1. The first-order chi connectivity index (χ1) is 15.1. The molecular weight excluding hydrogens is 392 g/mol. The Morgan fingerprint density at radius 3 is 2.45 bits per heavy atom. The first-order valence-corrected chi connectivity index (χ1v) is 11.7. The van der Waals surface area contributed by atoms with E-state index in [2.05, 4.69) is 6.92 Å². The third kappa shape index (κ3) is 6.74. The molecule has 6 nitrogen and oxygen atoms in total. The van der Waals surface area contributed by atoms with Crippen LogP contribution in [0.5, 0.6) is 11.5 Å². The van der Waals surface area contributed by atoms with Crippen LogP contribution >= 0.6 is 0 Å². The summed E-state index contributed by atoms with van der Waals surface area (Å²) in [5.41, 5.74) is 0.887. The molecule has 0 aromatic heterocycles. The summed E-state index contributed by atoms with van der Waals surface area (Å²) in [6.45, 7) is 5.22. The van der Waals surface area contributed by atoms with Crippen LogP contribution in [-0.4, -0.2) is 61.5 Å². The van der Waals surface area contributed by atoms with E-state index in [0.717, 1.165) is 24.2 Å². The highest BCUT2D eigenvalue weighted by atomic mass is 16.5. The molecule has 2 fully saturated rings. The van der Waals surface area contributed by atoms with Gasteiger partial charge >= 0.3 is 0 Å². The topological polar surface area (TPSA) is 59.1 Å². The molecule has 0 bridgehead atoms. The predicted octanol–water partition coefficient (Wildman–Crippen LogP) is 4.14. The third-order valence-corrected chi connectivity index (χ3v) is 6.24. The number of nitrogens with zero attached hydrogens (tertiary/aromatic N) is 2. The molecule has 2 amide bonds. The highest BCUT2D eigenvalue weighted by Gasteiger charge is 2.26. The molecule has 1 saturated carbocycles. The largest absolute Gasteiger partial charge is 0.493 e. The number of carbonyl (C=O) groups excluding carboxylic acids is 2. The number of methoxy groups -OCH3 is 1. The minimum Gasteiger partial charge on any atom is -0.493 e. The zero-order chi connectivity index (χ0) is 22.1. The van der Waals surface area contributed by atoms with Gasteiger partial charge in [0.05, 0.1) is 13.7 Å². The summed E-state index contributed by atoms with van der Waals surface area (Å²) in [6.07, 6.45) is 11.0. The number of unbranched alkanes of at least 4 members (excludes halogenated alkanes) is 1. The number of amides is 2. The normalized spacial score (nSPS) is 17.4. The van der Waals surface area contributed by atoms with Gasteiger partial charge in [-0.2, -0.15) is 0 Å². The van der Waals surface area contributed by atoms with Gasteiger partial charge in [0.1, 0.15) is 0 Å². The first kappa shape index (κ1) is 23.2. The maximum absolute atomic E-state index is 12.6. The fraction of sp³-hybridized carbons (Fsp3) is 0.600. The molecule has 1 aliphatic carbocycles. The molecule has 0 unspecified atom stereocenters. The predicted molar refractivity (Wildman–Crippen MR) is 122 cm³/mol. The Morgan fingerprint density at radius 2 is 1.77 bits per heavy atom. The molecule has 2 aliphatic rings. The van der Waals surface area contributed by atoms with E-state index in [1.807, 2.05) is 28.0 Å². The van der Waals surface area contributed by atoms with Gasteiger partial charge in [-0.3, -0.25) is 9.59 Å². The van der Waals surface area contributed by atoms with Crippen LogP contribution < -0.4 is 9.47 Å². The second kappa shape index (κ2) is 11.8. The molecule has 0 radical (unpaired) electrons. The highest BCUT2D eigenvalue weighted by Crippen LogP contribution is 2.29. The Bertz CT molecular complexity index is 763. The van der Waals surface area contributed by atoms with Crippen LogP contribution in [0.4, 0.5) is 0 Å². The monoisotopic (exact) mass is 428 g/mol. The van der Waals surface area contributed by atoms with Crippen LogP contribution in [0.25, 0.3) is 6.08 Å². The number of hydrogen-bond donors (Lipinski definition) is 0. The van der Waals surface area contributed by atoms with E-state index in [1.165, 1.54) is 25.7 Å². The van der Waals surface area contributed by atoms with Gasteiger partial charge in [0.25, 0.3) is 0 Å². The lowest BCUT2D eigenvalue weighted by Crippen LogP contribution is -2.50. The van der Waals surface area contributed by atoms with Crippen molar-refractivity contribution in [2.75, 3.05) is 39.9 Å². The van der Waals surface area contributed by atoms with E-state index < -0.39 is 0 Å². The lowest BCUT2D eigenvalue weighted by atomic mass is 10.0. The van der Waals surface area contributed by atoms with E-state index in [4.69, 9.17) is 9.47 Å². The number of hydrogen-bond acceptors (Lipinski definition) is 4. The lowest BCUT2D eigenvalue weighted by molar-refractivity contribution is -0.137. The Kier molecular flexibility index (Phi) is 8.80. The Labute approximate surface area is 186 Å². The number of rotatable bonds is 9. The molecule has 1 aromatic rings. The smallest absolute Gasteiger partial charge is 0.246 e. The van der Waals surface area contributed by atoms with Gasteiger partial charge in [-0.25, -0.2) is 0 Å². The minimum atomic E-state index is -0.0230. The van der Waals surface area contributed by atoms with Crippen LogP contribution in [0, 0.1) is 5.92 Å². The van der Waals surface area contributed by atoms with Gasteiger partial charge in [0.2, 0.25) is 11.8 Å². The van der Waals surface area contributed by atoms with Crippen LogP contribution in [0.2, 0.25) is 0 Å². The molecule has 1 saturated heterocycles. The van der Waals surface area contributed by atoms with Crippen molar-refractivity contribution in [1.29, 1.82) is 0 Å². The molecule has 6 heteroatoms. The van der Waals surface area contributed by atoms with Crippen molar-refractivity contribution in [3.63, 3.8) is 0 Å². The summed E-state index contributed by atoms with van der Waals surface area (Å²) in [5, 5.41) is 0. The standard InChI is InChI=1S/C25H36N2O4/c1-3-4-17-31-22-11-9-21(18-23(22)30-2)10-12-24(28)26-13-15-27(16-14-26)25(29)19-20-7-5-6-8-20/h9-12,18,20H,3-8,13-17,19H2,1-2H3/b12-10+. The van der Waals surface area contributed by atoms with Gasteiger partial charge in [-0.15, -0.1) is 0 Å². The van der Waals surface area contributed by atoms with Crippen LogP contribution in [0.3, 0.4) is 0 Å². The zero-order valence-electron chi connectivity index (χ0n) is 19.0. The maximum Gasteiger partial charge on any atom is 0.246 e. The fourth-order valence-electron chi connectivity index (χ4n) is 4.27. The van der Waals surface area contributed by atoms with Crippen molar-refractivity contribution < 1.29 is 19.1 Å². The second-order valence-electron chi connectivity index (χ2n) is 8.51. The SMILES string of the molecule is CCCCOc1ccc(/C=C/C(=O)N2CCN(C(=O)CC3CCCC3)CC2)cc1OC. The number of carbonyl (C=O) groups is 2. The van der Waals surface area contributed by atoms with Crippen LogP contribution in [-0.2, 0) is 9.59 Å². The average molecular weight is 429 g/mol. The summed E-state index contributed by atoms with van der Waals surface area (Å²) >= 11 is 0. The zero-order valence-corrected chi connectivity index (χ0v) is 19.0. The summed E-state index contributed by atoms with van der Waals surface area (Å²) in [7, 11) is 1.62. The molecule has 170 valence electrons. The molecule has 31 heavy (non-hydrogen) atoms. The van der Waals surface area contributed by atoms with E-state index in [-0.39, 0.29) is 11.8 Å². The molecule has 1 aromatic carbocycles. The maximum atomic E-state index is 12.6. The summed E-state index contributed by atoms with van der Waals surface area (Å²) in [5.74, 6) is 2.18. The molecule has 0 atom stereocenters. The van der Waals surface area contributed by atoms with Crippen LogP contribution in [0.15, 0.2) is 24.3 Å². The minimum absolute atomic E-state index is 0.0230.